The van der Waals surface area contributed by atoms with Crippen molar-refractivity contribution in [2.45, 2.75) is 30.7 Å². The molecule has 1 unspecified atom stereocenters. The number of hydrogen-bond acceptors (Lipinski definition) is 2. The molecule has 1 saturated heterocycles. The molecule has 4 rings (SSSR count). The van der Waals surface area contributed by atoms with Gasteiger partial charge in [0.15, 0.2) is 0 Å². The van der Waals surface area contributed by atoms with E-state index in [0.717, 1.165) is 0 Å². The lowest BCUT2D eigenvalue weighted by Gasteiger charge is -2.24. The highest BCUT2D eigenvalue weighted by atomic mass is 32.2. The zero-order valence-electron chi connectivity index (χ0n) is 16.2. The van der Waals surface area contributed by atoms with Gasteiger partial charge in [0, 0.05) is 10.9 Å². The van der Waals surface area contributed by atoms with Crippen molar-refractivity contribution in [1.29, 1.82) is 0 Å². The van der Waals surface area contributed by atoms with Crippen LogP contribution < -0.4 is 0 Å². The standard InChI is InChI=1S/C25H27NS/c1-19(26-16-3-4-17-26)20-8-10-21(11-9-20)22-12-14-23(15-13-22)24-6-5-7-25(18-24)27-2/h5-15,18-19H,3-4,16-17H2,1-2H3. The first kappa shape index (κ1) is 18.3. The first-order valence-corrected chi connectivity index (χ1v) is 11.1. The second-order valence-corrected chi connectivity index (χ2v) is 8.23. The molecule has 1 aliphatic heterocycles. The van der Waals surface area contributed by atoms with Gasteiger partial charge >= 0.3 is 0 Å². The van der Waals surface area contributed by atoms with E-state index in [2.05, 4.69) is 90.9 Å². The Kier molecular flexibility index (Phi) is 5.66. The second kappa shape index (κ2) is 8.33. The molecular weight excluding hydrogens is 346 g/mol. The normalized spacial score (nSPS) is 15.8. The number of likely N-dealkylation sites (tertiary alicyclic amines) is 1. The average molecular weight is 374 g/mol. The van der Waals surface area contributed by atoms with Crippen LogP contribution in [-0.2, 0) is 0 Å². The number of rotatable bonds is 5. The fourth-order valence-electron chi connectivity index (χ4n) is 3.95. The summed E-state index contributed by atoms with van der Waals surface area (Å²) in [7, 11) is 0. The molecule has 3 aromatic carbocycles. The molecule has 27 heavy (non-hydrogen) atoms. The summed E-state index contributed by atoms with van der Waals surface area (Å²) >= 11 is 1.79. The van der Waals surface area contributed by atoms with E-state index in [9.17, 15) is 0 Å². The SMILES string of the molecule is CSc1cccc(-c2ccc(-c3ccc(C(C)N4CCCC4)cc3)cc2)c1. The molecule has 0 bridgehead atoms. The summed E-state index contributed by atoms with van der Waals surface area (Å²) in [4.78, 5) is 3.89. The van der Waals surface area contributed by atoms with Crippen LogP contribution in [0.3, 0.4) is 0 Å². The predicted molar refractivity (Wildman–Crippen MR) is 118 cm³/mol. The summed E-state index contributed by atoms with van der Waals surface area (Å²) in [6.45, 7) is 4.81. The molecule has 2 heteroatoms. The number of nitrogens with zero attached hydrogens (tertiary/aromatic N) is 1. The third-order valence-corrected chi connectivity index (χ3v) is 6.43. The molecule has 138 valence electrons. The topological polar surface area (TPSA) is 3.24 Å². The second-order valence-electron chi connectivity index (χ2n) is 7.35. The molecule has 0 aliphatic carbocycles. The fraction of sp³-hybridized carbons (Fsp3) is 0.280. The summed E-state index contributed by atoms with van der Waals surface area (Å²) in [6.07, 6.45) is 4.81. The van der Waals surface area contributed by atoms with Crippen molar-refractivity contribution in [1.82, 2.24) is 4.90 Å². The Bertz CT molecular complexity index is 877. The first-order chi connectivity index (χ1) is 13.2. The molecule has 1 aliphatic rings. The third-order valence-electron chi connectivity index (χ3n) is 5.70. The minimum atomic E-state index is 0.521. The van der Waals surface area contributed by atoms with E-state index in [4.69, 9.17) is 0 Å². The molecule has 1 heterocycles. The molecule has 0 radical (unpaired) electrons. The molecule has 0 N–H and O–H groups in total. The van der Waals surface area contributed by atoms with Crippen molar-refractivity contribution in [2.24, 2.45) is 0 Å². The quantitative estimate of drug-likeness (QED) is 0.448. The summed E-state index contributed by atoms with van der Waals surface area (Å²) < 4.78 is 0. The van der Waals surface area contributed by atoms with Crippen LogP contribution in [0.15, 0.2) is 77.7 Å². The Morgan fingerprint density at radius 3 is 1.89 bits per heavy atom. The van der Waals surface area contributed by atoms with Gasteiger partial charge in [-0.1, -0.05) is 60.7 Å². The maximum Gasteiger partial charge on any atom is 0.0319 e. The van der Waals surface area contributed by atoms with Crippen molar-refractivity contribution >= 4 is 11.8 Å². The monoisotopic (exact) mass is 373 g/mol. The van der Waals surface area contributed by atoms with Gasteiger partial charge in [-0.15, -0.1) is 11.8 Å². The van der Waals surface area contributed by atoms with Crippen LogP contribution in [0.2, 0.25) is 0 Å². The Morgan fingerprint density at radius 2 is 1.30 bits per heavy atom. The van der Waals surface area contributed by atoms with Crippen molar-refractivity contribution in [2.75, 3.05) is 19.3 Å². The van der Waals surface area contributed by atoms with E-state index in [1.165, 1.54) is 58.6 Å². The molecule has 0 spiro atoms. The molecule has 0 amide bonds. The van der Waals surface area contributed by atoms with Gasteiger partial charge in [0.1, 0.15) is 0 Å². The van der Waals surface area contributed by atoms with Gasteiger partial charge in [-0.2, -0.15) is 0 Å². The minimum absolute atomic E-state index is 0.521. The summed E-state index contributed by atoms with van der Waals surface area (Å²) in [6, 6.07) is 27.3. The lowest BCUT2D eigenvalue weighted by Crippen LogP contribution is -2.23. The zero-order valence-corrected chi connectivity index (χ0v) is 17.0. The van der Waals surface area contributed by atoms with Gasteiger partial charge in [0.05, 0.1) is 0 Å². The van der Waals surface area contributed by atoms with E-state index < -0.39 is 0 Å². The highest BCUT2D eigenvalue weighted by Gasteiger charge is 2.19. The lowest BCUT2D eigenvalue weighted by atomic mass is 9.98. The van der Waals surface area contributed by atoms with Crippen LogP contribution in [0.25, 0.3) is 22.3 Å². The lowest BCUT2D eigenvalue weighted by molar-refractivity contribution is 0.263. The van der Waals surface area contributed by atoms with Crippen LogP contribution in [0.4, 0.5) is 0 Å². The Morgan fingerprint density at radius 1 is 0.741 bits per heavy atom. The summed E-state index contributed by atoms with van der Waals surface area (Å²) in [5.74, 6) is 0. The van der Waals surface area contributed by atoms with E-state index in [0.29, 0.717) is 6.04 Å². The van der Waals surface area contributed by atoms with Crippen LogP contribution in [0.5, 0.6) is 0 Å². The summed E-state index contributed by atoms with van der Waals surface area (Å²) in [5, 5.41) is 0. The largest absolute Gasteiger partial charge is 0.297 e. The van der Waals surface area contributed by atoms with Crippen molar-refractivity contribution in [3.05, 3.63) is 78.4 Å². The third kappa shape index (κ3) is 4.12. The molecule has 0 saturated carbocycles. The van der Waals surface area contributed by atoms with Crippen LogP contribution in [0, 0.1) is 0 Å². The smallest absolute Gasteiger partial charge is 0.0319 e. The predicted octanol–water partition coefficient (Wildman–Crippen LogP) is 6.90. The Labute approximate surface area is 167 Å². The first-order valence-electron chi connectivity index (χ1n) is 9.83. The van der Waals surface area contributed by atoms with Crippen LogP contribution in [-0.4, -0.2) is 24.2 Å². The Hall–Kier alpha value is -2.03. The molecule has 3 aromatic rings. The number of hydrogen-bond donors (Lipinski definition) is 0. The minimum Gasteiger partial charge on any atom is -0.297 e. The van der Waals surface area contributed by atoms with Crippen LogP contribution >= 0.6 is 11.8 Å². The zero-order chi connectivity index (χ0) is 18.6. The number of thioether (sulfide) groups is 1. The van der Waals surface area contributed by atoms with Crippen LogP contribution in [0.1, 0.15) is 31.4 Å². The maximum atomic E-state index is 2.59. The molecule has 1 fully saturated rings. The average Bonchev–Trinajstić information content (AvgIpc) is 3.28. The van der Waals surface area contributed by atoms with Gasteiger partial charge in [-0.25, -0.2) is 0 Å². The van der Waals surface area contributed by atoms with Gasteiger partial charge < -0.3 is 0 Å². The summed E-state index contributed by atoms with van der Waals surface area (Å²) in [5.41, 5.74) is 6.54. The van der Waals surface area contributed by atoms with Crippen molar-refractivity contribution < 1.29 is 0 Å². The van der Waals surface area contributed by atoms with E-state index in [-0.39, 0.29) is 0 Å². The van der Waals surface area contributed by atoms with Crippen molar-refractivity contribution in [3.8, 4) is 22.3 Å². The van der Waals surface area contributed by atoms with E-state index >= 15 is 0 Å². The number of benzene rings is 3. The van der Waals surface area contributed by atoms with E-state index in [1.807, 2.05) is 0 Å². The highest BCUT2D eigenvalue weighted by Crippen LogP contribution is 2.29. The molecule has 1 nitrogen and oxygen atoms in total. The maximum absolute atomic E-state index is 2.59. The molecular formula is C25H27NS. The van der Waals surface area contributed by atoms with Gasteiger partial charge in [0.2, 0.25) is 0 Å². The van der Waals surface area contributed by atoms with E-state index in [1.54, 1.807) is 11.8 Å². The molecule has 0 aromatic heterocycles. The van der Waals surface area contributed by atoms with Gasteiger partial charge in [0.25, 0.3) is 0 Å². The fourth-order valence-corrected chi connectivity index (χ4v) is 4.41. The molecule has 1 atom stereocenters. The highest BCUT2D eigenvalue weighted by molar-refractivity contribution is 7.98. The van der Waals surface area contributed by atoms with Gasteiger partial charge in [-0.3, -0.25) is 4.90 Å². The Balaban J connectivity index is 1.51. The van der Waals surface area contributed by atoms with Gasteiger partial charge in [-0.05, 0) is 79.1 Å². The van der Waals surface area contributed by atoms with Crippen molar-refractivity contribution in [3.63, 3.8) is 0 Å².